The second-order valence-corrected chi connectivity index (χ2v) is 6.25. The molecule has 2 amide bonds. The van der Waals surface area contributed by atoms with Crippen LogP contribution in [-0.4, -0.2) is 16.8 Å². The van der Waals surface area contributed by atoms with Gasteiger partial charge in [0.25, 0.3) is 11.8 Å². The number of nitrogens with one attached hydrogen (secondary N) is 2. The van der Waals surface area contributed by atoms with Crippen molar-refractivity contribution in [1.82, 2.24) is 4.98 Å². The topological polar surface area (TPSA) is 71.1 Å². The number of aryl methyl sites for hydroxylation is 1. The van der Waals surface area contributed by atoms with E-state index in [0.29, 0.717) is 10.7 Å². The molecule has 1 heterocycles. The molecule has 0 aliphatic rings. The number of rotatable bonds is 4. The maximum atomic E-state index is 13.7. The maximum Gasteiger partial charge on any atom is 0.257 e. The number of aromatic nitrogens is 1. The van der Waals surface area contributed by atoms with Crippen LogP contribution in [0.5, 0.6) is 0 Å². The molecule has 1 aromatic heterocycles. The van der Waals surface area contributed by atoms with Gasteiger partial charge in [0.15, 0.2) is 0 Å². The van der Waals surface area contributed by atoms with Gasteiger partial charge in [-0.25, -0.2) is 4.39 Å². The summed E-state index contributed by atoms with van der Waals surface area (Å²) < 4.78 is 13.7. The zero-order chi connectivity index (χ0) is 19.4. The highest BCUT2D eigenvalue weighted by molar-refractivity contribution is 6.30. The van der Waals surface area contributed by atoms with Gasteiger partial charge >= 0.3 is 0 Å². The van der Waals surface area contributed by atoms with E-state index in [1.807, 2.05) is 6.92 Å². The minimum atomic E-state index is -0.565. The first-order valence-corrected chi connectivity index (χ1v) is 8.40. The largest absolute Gasteiger partial charge is 0.322 e. The van der Waals surface area contributed by atoms with Crippen molar-refractivity contribution in [3.8, 4) is 0 Å². The van der Waals surface area contributed by atoms with Crippen LogP contribution in [0.1, 0.15) is 26.3 Å². The van der Waals surface area contributed by atoms with Crippen LogP contribution in [0, 0.1) is 12.7 Å². The van der Waals surface area contributed by atoms with E-state index in [-0.39, 0.29) is 16.8 Å². The maximum absolute atomic E-state index is 13.7. The van der Waals surface area contributed by atoms with Gasteiger partial charge in [0.05, 0.1) is 16.8 Å². The van der Waals surface area contributed by atoms with Crippen molar-refractivity contribution in [3.63, 3.8) is 0 Å². The zero-order valence-electron chi connectivity index (χ0n) is 14.3. The first-order chi connectivity index (χ1) is 12.9. The minimum Gasteiger partial charge on any atom is -0.322 e. The van der Waals surface area contributed by atoms with Gasteiger partial charge in [-0.3, -0.25) is 14.6 Å². The number of pyridine rings is 1. The Hall–Kier alpha value is -3.25. The predicted octanol–water partition coefficient (Wildman–Crippen LogP) is 4.69. The average molecular weight is 384 g/mol. The number of hydrogen-bond donors (Lipinski definition) is 2. The van der Waals surface area contributed by atoms with Crippen molar-refractivity contribution in [2.45, 2.75) is 6.92 Å². The van der Waals surface area contributed by atoms with E-state index >= 15 is 0 Å². The van der Waals surface area contributed by atoms with Crippen LogP contribution >= 0.6 is 11.6 Å². The number of carbonyl (C=O) groups excluding carboxylic acids is 2. The lowest BCUT2D eigenvalue weighted by Crippen LogP contribution is -2.17. The lowest BCUT2D eigenvalue weighted by Gasteiger charge is -2.10. The fraction of sp³-hybridized carbons (Fsp3) is 0.0500. The SMILES string of the molecule is Cc1cc(Cl)ccc1NC(=O)c1cncc(C(=O)Nc2ccccc2F)c1. The number of nitrogens with zero attached hydrogens (tertiary/aromatic N) is 1. The molecule has 0 unspecified atom stereocenters. The van der Waals surface area contributed by atoms with Gasteiger partial charge in [-0.1, -0.05) is 23.7 Å². The molecule has 0 radical (unpaired) electrons. The van der Waals surface area contributed by atoms with Crippen molar-refractivity contribution in [2.24, 2.45) is 0 Å². The highest BCUT2D eigenvalue weighted by Crippen LogP contribution is 2.20. The third-order valence-corrected chi connectivity index (χ3v) is 4.06. The molecular weight excluding hydrogens is 369 g/mol. The Labute approximate surface area is 160 Å². The zero-order valence-corrected chi connectivity index (χ0v) is 15.0. The van der Waals surface area contributed by atoms with E-state index in [0.717, 1.165) is 5.56 Å². The summed E-state index contributed by atoms with van der Waals surface area (Å²) in [6, 6.07) is 12.3. The number of carbonyl (C=O) groups is 2. The van der Waals surface area contributed by atoms with Gasteiger partial charge in [0.1, 0.15) is 5.82 Å². The van der Waals surface area contributed by atoms with E-state index < -0.39 is 17.6 Å². The smallest absolute Gasteiger partial charge is 0.257 e. The summed E-state index contributed by atoms with van der Waals surface area (Å²) in [7, 11) is 0. The molecule has 0 aliphatic heterocycles. The molecule has 0 saturated heterocycles. The predicted molar refractivity (Wildman–Crippen MR) is 103 cm³/mol. The van der Waals surface area contributed by atoms with E-state index in [9.17, 15) is 14.0 Å². The third-order valence-electron chi connectivity index (χ3n) is 3.82. The summed E-state index contributed by atoms with van der Waals surface area (Å²) in [6.07, 6.45) is 2.65. The molecule has 0 fully saturated rings. The molecule has 2 aromatic carbocycles. The van der Waals surface area contributed by atoms with E-state index in [2.05, 4.69) is 15.6 Å². The number of hydrogen-bond acceptors (Lipinski definition) is 3. The monoisotopic (exact) mass is 383 g/mol. The highest BCUT2D eigenvalue weighted by Gasteiger charge is 2.14. The Balaban J connectivity index is 1.77. The molecule has 3 aromatic rings. The summed E-state index contributed by atoms with van der Waals surface area (Å²) in [5.41, 5.74) is 1.79. The Morgan fingerprint density at radius 2 is 1.56 bits per heavy atom. The standard InChI is InChI=1S/C20H15ClFN3O2/c1-12-8-15(21)6-7-17(12)24-19(26)13-9-14(11-23-10-13)20(27)25-18-5-3-2-4-16(18)22/h2-11H,1H3,(H,24,26)(H,25,27). The molecule has 3 rings (SSSR count). The highest BCUT2D eigenvalue weighted by atomic mass is 35.5. The van der Waals surface area contributed by atoms with Crippen molar-refractivity contribution in [1.29, 1.82) is 0 Å². The van der Waals surface area contributed by atoms with Gasteiger partial charge in [0.2, 0.25) is 0 Å². The van der Waals surface area contributed by atoms with Crippen LogP contribution in [0.25, 0.3) is 0 Å². The van der Waals surface area contributed by atoms with Crippen LogP contribution in [0.4, 0.5) is 15.8 Å². The number of amides is 2. The van der Waals surface area contributed by atoms with Gasteiger partial charge in [-0.05, 0) is 48.9 Å². The average Bonchev–Trinajstić information content (AvgIpc) is 2.66. The summed E-state index contributed by atoms with van der Waals surface area (Å²) in [6.45, 7) is 1.82. The second-order valence-electron chi connectivity index (χ2n) is 5.81. The van der Waals surface area contributed by atoms with Crippen LogP contribution in [0.2, 0.25) is 5.02 Å². The summed E-state index contributed by atoms with van der Waals surface area (Å²) in [5.74, 6) is -1.54. The Kier molecular flexibility index (Phi) is 5.47. The lowest BCUT2D eigenvalue weighted by molar-refractivity contribution is 0.102. The van der Waals surface area contributed by atoms with Crippen LogP contribution < -0.4 is 10.6 Å². The first kappa shape index (κ1) is 18.5. The van der Waals surface area contributed by atoms with Gasteiger partial charge in [-0.2, -0.15) is 0 Å². The van der Waals surface area contributed by atoms with Crippen molar-refractivity contribution in [3.05, 3.63) is 88.5 Å². The lowest BCUT2D eigenvalue weighted by atomic mass is 10.1. The normalized spacial score (nSPS) is 10.3. The van der Waals surface area contributed by atoms with E-state index in [1.54, 1.807) is 24.3 Å². The minimum absolute atomic E-state index is 0.0501. The molecule has 5 nitrogen and oxygen atoms in total. The van der Waals surface area contributed by atoms with Gasteiger partial charge < -0.3 is 10.6 Å². The fourth-order valence-corrected chi connectivity index (χ4v) is 2.63. The number of halogens is 2. The summed E-state index contributed by atoms with van der Waals surface area (Å²) in [4.78, 5) is 28.7. The number of benzene rings is 2. The molecule has 0 spiro atoms. The molecule has 7 heteroatoms. The second kappa shape index (κ2) is 7.97. The third kappa shape index (κ3) is 4.48. The fourth-order valence-electron chi connectivity index (χ4n) is 2.41. The molecule has 136 valence electrons. The molecule has 0 aliphatic carbocycles. The molecular formula is C20H15ClFN3O2. The number of para-hydroxylation sites is 1. The quantitative estimate of drug-likeness (QED) is 0.686. The summed E-state index contributed by atoms with van der Waals surface area (Å²) in [5, 5.41) is 5.78. The van der Waals surface area contributed by atoms with Crippen LogP contribution in [0.3, 0.4) is 0 Å². The first-order valence-electron chi connectivity index (χ1n) is 8.02. The molecule has 0 atom stereocenters. The molecule has 27 heavy (non-hydrogen) atoms. The molecule has 2 N–H and O–H groups in total. The van der Waals surface area contributed by atoms with Crippen LogP contribution in [-0.2, 0) is 0 Å². The van der Waals surface area contributed by atoms with Gasteiger partial charge in [0, 0.05) is 23.1 Å². The molecule has 0 saturated carbocycles. The van der Waals surface area contributed by atoms with Crippen molar-refractivity contribution in [2.75, 3.05) is 10.6 Å². The Bertz CT molecular complexity index is 1020. The van der Waals surface area contributed by atoms with Crippen molar-refractivity contribution >= 4 is 34.8 Å². The number of anilines is 2. The van der Waals surface area contributed by atoms with Gasteiger partial charge in [-0.15, -0.1) is 0 Å². The van der Waals surface area contributed by atoms with E-state index in [1.165, 1.54) is 36.7 Å². The van der Waals surface area contributed by atoms with Crippen molar-refractivity contribution < 1.29 is 14.0 Å². The molecule has 0 bridgehead atoms. The Morgan fingerprint density at radius 1 is 0.926 bits per heavy atom. The summed E-state index contributed by atoms with van der Waals surface area (Å²) >= 11 is 5.91. The Morgan fingerprint density at radius 3 is 2.19 bits per heavy atom. The van der Waals surface area contributed by atoms with Crippen LogP contribution in [0.15, 0.2) is 60.9 Å². The van der Waals surface area contributed by atoms with E-state index in [4.69, 9.17) is 11.6 Å².